The lowest BCUT2D eigenvalue weighted by atomic mass is 10.2. The van der Waals surface area contributed by atoms with Crippen molar-refractivity contribution in [1.29, 1.82) is 0 Å². The first-order valence-electron chi connectivity index (χ1n) is 6.39. The van der Waals surface area contributed by atoms with Gasteiger partial charge in [-0.25, -0.2) is 8.42 Å². The quantitative estimate of drug-likeness (QED) is 0.690. The molecular weight excluding hydrogens is 256 g/mol. The van der Waals surface area contributed by atoms with Crippen molar-refractivity contribution < 1.29 is 17.9 Å². The normalized spacial score (nSPS) is 21.8. The van der Waals surface area contributed by atoms with Crippen molar-refractivity contribution in [2.24, 2.45) is 0 Å². The van der Waals surface area contributed by atoms with Gasteiger partial charge in [-0.15, -0.1) is 0 Å². The summed E-state index contributed by atoms with van der Waals surface area (Å²) >= 11 is 0. The molecule has 0 aliphatic carbocycles. The fourth-order valence-electron chi connectivity index (χ4n) is 1.90. The van der Waals surface area contributed by atoms with Crippen LogP contribution in [0.3, 0.4) is 0 Å². The minimum atomic E-state index is -3.37. The first-order valence-corrected chi connectivity index (χ1v) is 8.00. The van der Waals surface area contributed by atoms with E-state index in [9.17, 15) is 13.2 Å². The molecule has 1 aliphatic heterocycles. The molecule has 6 nitrogen and oxygen atoms in total. The first-order chi connectivity index (χ1) is 8.53. The summed E-state index contributed by atoms with van der Waals surface area (Å²) in [7, 11) is -3.37. The first kappa shape index (κ1) is 15.4. The number of unbranched alkanes of at least 4 members (excludes halogenated alkanes) is 1. The summed E-state index contributed by atoms with van der Waals surface area (Å²) in [5.74, 6) is -0.371. The number of ether oxygens (including phenoxy) is 1. The van der Waals surface area contributed by atoms with Crippen LogP contribution in [-0.4, -0.2) is 56.7 Å². The largest absolute Gasteiger partial charge is 0.465 e. The third-order valence-electron chi connectivity index (χ3n) is 2.87. The molecule has 0 bridgehead atoms. The molecule has 0 saturated carbocycles. The lowest BCUT2D eigenvalue weighted by molar-refractivity contribution is -0.148. The minimum absolute atomic E-state index is 0.0966. The van der Waals surface area contributed by atoms with Gasteiger partial charge in [0.05, 0.1) is 12.4 Å². The zero-order chi connectivity index (χ0) is 13.6. The number of piperazine rings is 1. The van der Waals surface area contributed by atoms with Crippen molar-refractivity contribution in [3.8, 4) is 0 Å². The van der Waals surface area contributed by atoms with Crippen LogP contribution < -0.4 is 5.32 Å². The molecule has 1 atom stereocenters. The fraction of sp³-hybridized carbons (Fsp3) is 0.909. The summed E-state index contributed by atoms with van der Waals surface area (Å²) < 4.78 is 30.5. The summed E-state index contributed by atoms with van der Waals surface area (Å²) in [6.07, 6.45) is 1.43. The number of esters is 1. The maximum atomic E-state index is 12.2. The van der Waals surface area contributed by atoms with E-state index in [-0.39, 0.29) is 12.4 Å². The van der Waals surface area contributed by atoms with Gasteiger partial charge in [-0.2, -0.15) is 4.31 Å². The van der Waals surface area contributed by atoms with E-state index in [1.54, 1.807) is 6.92 Å². The Morgan fingerprint density at radius 3 is 2.78 bits per heavy atom. The average Bonchev–Trinajstić information content (AvgIpc) is 2.37. The zero-order valence-corrected chi connectivity index (χ0v) is 11.8. The molecule has 1 saturated heterocycles. The van der Waals surface area contributed by atoms with Gasteiger partial charge in [0.2, 0.25) is 10.0 Å². The van der Waals surface area contributed by atoms with Crippen LogP contribution in [0, 0.1) is 0 Å². The third-order valence-corrected chi connectivity index (χ3v) is 4.82. The summed E-state index contributed by atoms with van der Waals surface area (Å²) in [6, 6.07) is -0.722. The number of nitrogens with one attached hydrogen (secondary N) is 1. The molecule has 106 valence electrons. The maximum Gasteiger partial charge on any atom is 0.325 e. The second-order valence-electron chi connectivity index (χ2n) is 4.25. The van der Waals surface area contributed by atoms with E-state index < -0.39 is 22.0 Å². The molecule has 0 radical (unpaired) electrons. The van der Waals surface area contributed by atoms with E-state index in [0.717, 1.165) is 6.42 Å². The Morgan fingerprint density at radius 2 is 2.17 bits per heavy atom. The lowest BCUT2D eigenvalue weighted by Crippen LogP contribution is -2.57. The molecule has 0 spiro atoms. The van der Waals surface area contributed by atoms with Crippen LogP contribution in [0.25, 0.3) is 0 Å². The zero-order valence-electron chi connectivity index (χ0n) is 11.0. The van der Waals surface area contributed by atoms with Gasteiger partial charge in [0.25, 0.3) is 0 Å². The molecule has 7 heteroatoms. The molecule has 1 unspecified atom stereocenters. The molecule has 1 fully saturated rings. The van der Waals surface area contributed by atoms with Crippen LogP contribution in [-0.2, 0) is 19.6 Å². The van der Waals surface area contributed by atoms with E-state index in [1.807, 2.05) is 6.92 Å². The van der Waals surface area contributed by atoms with Crippen LogP contribution in [0.4, 0.5) is 0 Å². The maximum absolute atomic E-state index is 12.2. The summed E-state index contributed by atoms with van der Waals surface area (Å²) in [6.45, 7) is 5.14. The van der Waals surface area contributed by atoms with Gasteiger partial charge < -0.3 is 10.1 Å². The highest BCUT2D eigenvalue weighted by Gasteiger charge is 2.37. The second kappa shape index (κ2) is 7.06. The predicted molar refractivity (Wildman–Crippen MR) is 68.7 cm³/mol. The Bertz CT molecular complexity index is 369. The van der Waals surface area contributed by atoms with E-state index >= 15 is 0 Å². The molecule has 1 rings (SSSR count). The minimum Gasteiger partial charge on any atom is -0.465 e. The smallest absolute Gasteiger partial charge is 0.325 e. The molecule has 1 N–H and O–H groups in total. The highest BCUT2D eigenvalue weighted by atomic mass is 32.2. The van der Waals surface area contributed by atoms with Gasteiger partial charge >= 0.3 is 5.97 Å². The summed E-state index contributed by atoms with van der Waals surface area (Å²) in [5.41, 5.74) is 0. The number of hydrogen-bond acceptors (Lipinski definition) is 5. The van der Waals surface area contributed by atoms with Gasteiger partial charge in [-0.1, -0.05) is 13.3 Å². The summed E-state index contributed by atoms with van der Waals surface area (Å²) in [4.78, 5) is 11.8. The van der Waals surface area contributed by atoms with Crippen LogP contribution in [0.2, 0.25) is 0 Å². The Kier molecular flexibility index (Phi) is 6.04. The van der Waals surface area contributed by atoms with Crippen molar-refractivity contribution in [2.45, 2.75) is 32.7 Å². The van der Waals surface area contributed by atoms with E-state index in [1.165, 1.54) is 4.31 Å². The van der Waals surface area contributed by atoms with Crippen LogP contribution in [0.15, 0.2) is 0 Å². The average molecular weight is 278 g/mol. The van der Waals surface area contributed by atoms with Gasteiger partial charge in [-0.05, 0) is 13.3 Å². The number of carbonyl (C=O) groups is 1. The molecular formula is C11H22N2O4S. The molecule has 1 heterocycles. The number of rotatable bonds is 6. The van der Waals surface area contributed by atoms with E-state index in [4.69, 9.17) is 4.74 Å². The van der Waals surface area contributed by atoms with Gasteiger partial charge in [0.1, 0.15) is 6.04 Å². The monoisotopic (exact) mass is 278 g/mol. The second-order valence-corrected chi connectivity index (χ2v) is 6.29. The third kappa shape index (κ3) is 3.93. The number of hydrogen-bond donors (Lipinski definition) is 1. The van der Waals surface area contributed by atoms with Gasteiger partial charge in [0, 0.05) is 19.6 Å². The Labute approximate surface area is 109 Å². The SMILES string of the molecule is CCCCS(=O)(=O)N1CCNCC1C(=O)OCC. The number of carbonyl (C=O) groups excluding carboxylic acids is 1. The Morgan fingerprint density at radius 1 is 1.44 bits per heavy atom. The van der Waals surface area contributed by atoms with Crippen molar-refractivity contribution in [3.63, 3.8) is 0 Å². The Hall–Kier alpha value is -0.660. The van der Waals surface area contributed by atoms with Crippen LogP contribution >= 0.6 is 0 Å². The molecule has 0 amide bonds. The van der Waals surface area contributed by atoms with Crippen LogP contribution in [0.1, 0.15) is 26.7 Å². The highest BCUT2D eigenvalue weighted by molar-refractivity contribution is 7.89. The summed E-state index contributed by atoms with van der Waals surface area (Å²) in [5, 5.41) is 3.03. The molecule has 0 aromatic heterocycles. The number of sulfonamides is 1. The standard InChI is InChI=1S/C11H22N2O4S/c1-3-5-8-18(15,16)13-7-6-12-9-10(13)11(14)17-4-2/h10,12H,3-9H2,1-2H3. The lowest BCUT2D eigenvalue weighted by Gasteiger charge is -2.33. The molecule has 18 heavy (non-hydrogen) atoms. The van der Waals surface area contributed by atoms with Crippen LogP contribution in [0.5, 0.6) is 0 Å². The Balaban J connectivity index is 2.78. The van der Waals surface area contributed by atoms with Gasteiger partial charge in [0.15, 0.2) is 0 Å². The van der Waals surface area contributed by atoms with Crippen molar-refractivity contribution >= 4 is 16.0 Å². The predicted octanol–water partition coefficient (Wildman–Crippen LogP) is -0.0468. The highest BCUT2D eigenvalue weighted by Crippen LogP contribution is 2.13. The van der Waals surface area contributed by atoms with Crippen molar-refractivity contribution in [2.75, 3.05) is 32.0 Å². The van der Waals surface area contributed by atoms with Gasteiger partial charge in [-0.3, -0.25) is 4.79 Å². The number of nitrogens with zero attached hydrogens (tertiary/aromatic N) is 1. The van der Waals surface area contributed by atoms with Crippen molar-refractivity contribution in [3.05, 3.63) is 0 Å². The topological polar surface area (TPSA) is 75.7 Å². The molecule has 0 aromatic rings. The van der Waals surface area contributed by atoms with E-state index in [0.29, 0.717) is 26.1 Å². The molecule has 0 aromatic carbocycles. The van der Waals surface area contributed by atoms with Crippen molar-refractivity contribution in [1.82, 2.24) is 9.62 Å². The fourth-order valence-corrected chi connectivity index (χ4v) is 3.71. The molecule has 1 aliphatic rings. The van der Waals surface area contributed by atoms with E-state index in [2.05, 4.69) is 5.32 Å².